The molecular weight excluding hydrogens is 352 g/mol. The average molecular weight is 371 g/mol. The van der Waals surface area contributed by atoms with E-state index in [2.05, 4.69) is 21.2 Å². The minimum Gasteiger partial charge on any atom is -0.397 e. The normalized spacial score (nSPS) is 11.0. The van der Waals surface area contributed by atoms with Gasteiger partial charge in [-0.25, -0.2) is 0 Å². The molecule has 0 saturated heterocycles. The van der Waals surface area contributed by atoms with Gasteiger partial charge in [0.25, 0.3) is 5.91 Å². The van der Waals surface area contributed by atoms with Gasteiger partial charge in [-0.15, -0.1) is 11.3 Å². The third-order valence-corrected chi connectivity index (χ3v) is 4.93. The second kappa shape index (κ2) is 7.77. The van der Waals surface area contributed by atoms with Gasteiger partial charge in [0.05, 0.1) is 5.69 Å². The number of halogens is 1. The number of fused-ring (bicyclic) bond motifs is 1. The first-order valence-corrected chi connectivity index (χ1v) is 8.61. The van der Waals surface area contributed by atoms with E-state index in [1.807, 2.05) is 18.2 Å². The van der Waals surface area contributed by atoms with Gasteiger partial charge >= 0.3 is 0 Å². The summed E-state index contributed by atoms with van der Waals surface area (Å²) in [5.74, 6) is -0.105. The molecule has 114 valence electrons. The summed E-state index contributed by atoms with van der Waals surface area (Å²) in [7, 11) is 0. The third kappa shape index (κ3) is 4.18. The fraction of sp³-hybridized carbons (Fsp3) is 0.400. The summed E-state index contributed by atoms with van der Waals surface area (Å²) >= 11 is 4.84. The lowest BCUT2D eigenvalue weighted by Gasteiger charge is -2.04. The molecule has 0 fully saturated rings. The Kier molecular flexibility index (Phi) is 6.02. The van der Waals surface area contributed by atoms with E-state index in [4.69, 9.17) is 10.8 Å². The van der Waals surface area contributed by atoms with Crippen molar-refractivity contribution in [1.29, 1.82) is 0 Å². The van der Waals surface area contributed by atoms with Crippen molar-refractivity contribution in [3.8, 4) is 0 Å². The number of hydrogen-bond acceptors (Lipinski definition) is 4. The van der Waals surface area contributed by atoms with Crippen molar-refractivity contribution >= 4 is 48.9 Å². The van der Waals surface area contributed by atoms with E-state index in [1.54, 1.807) is 0 Å². The summed E-state index contributed by atoms with van der Waals surface area (Å²) in [6, 6.07) is 5.83. The Morgan fingerprint density at radius 1 is 1.29 bits per heavy atom. The Morgan fingerprint density at radius 2 is 2.05 bits per heavy atom. The van der Waals surface area contributed by atoms with Crippen molar-refractivity contribution < 1.29 is 9.90 Å². The van der Waals surface area contributed by atoms with Gasteiger partial charge in [0.15, 0.2) is 0 Å². The van der Waals surface area contributed by atoms with E-state index in [1.165, 1.54) is 11.3 Å². The van der Waals surface area contributed by atoms with Gasteiger partial charge in [0.1, 0.15) is 4.88 Å². The Morgan fingerprint density at radius 3 is 2.81 bits per heavy atom. The van der Waals surface area contributed by atoms with Gasteiger partial charge in [0, 0.05) is 27.7 Å². The first-order valence-electron chi connectivity index (χ1n) is 7.00. The summed E-state index contributed by atoms with van der Waals surface area (Å²) in [5.41, 5.74) is 6.62. The molecule has 2 rings (SSSR count). The van der Waals surface area contributed by atoms with Crippen LogP contribution in [0, 0.1) is 0 Å². The monoisotopic (exact) mass is 370 g/mol. The zero-order chi connectivity index (χ0) is 15.2. The predicted molar refractivity (Wildman–Crippen MR) is 91.8 cm³/mol. The molecule has 6 heteroatoms. The minimum atomic E-state index is -0.105. The summed E-state index contributed by atoms with van der Waals surface area (Å²) in [4.78, 5) is 12.8. The predicted octanol–water partition coefficient (Wildman–Crippen LogP) is 3.53. The van der Waals surface area contributed by atoms with E-state index in [0.717, 1.165) is 40.2 Å². The number of nitrogens with one attached hydrogen (secondary N) is 1. The zero-order valence-electron chi connectivity index (χ0n) is 11.7. The number of carbonyl (C=O) groups excluding carboxylic acids is 1. The van der Waals surface area contributed by atoms with Crippen molar-refractivity contribution in [1.82, 2.24) is 5.32 Å². The summed E-state index contributed by atoms with van der Waals surface area (Å²) < 4.78 is 1.99. The highest BCUT2D eigenvalue weighted by Crippen LogP contribution is 2.35. The van der Waals surface area contributed by atoms with Crippen LogP contribution in [0.5, 0.6) is 0 Å². The molecular formula is C15H19BrN2O2S. The highest BCUT2D eigenvalue weighted by Gasteiger charge is 2.15. The molecule has 1 heterocycles. The van der Waals surface area contributed by atoms with Crippen molar-refractivity contribution in [3.63, 3.8) is 0 Å². The summed E-state index contributed by atoms with van der Waals surface area (Å²) in [6.07, 6.45) is 3.75. The first kappa shape index (κ1) is 16.3. The number of rotatable bonds is 7. The molecule has 1 aromatic heterocycles. The average Bonchev–Trinajstić information content (AvgIpc) is 2.79. The van der Waals surface area contributed by atoms with Crippen molar-refractivity contribution in [3.05, 3.63) is 27.5 Å². The van der Waals surface area contributed by atoms with E-state index >= 15 is 0 Å². The van der Waals surface area contributed by atoms with E-state index in [9.17, 15) is 4.79 Å². The van der Waals surface area contributed by atoms with Crippen LogP contribution in [0.2, 0.25) is 0 Å². The lowest BCUT2D eigenvalue weighted by molar-refractivity contribution is 0.0957. The van der Waals surface area contributed by atoms with Gasteiger partial charge in [-0.2, -0.15) is 0 Å². The molecule has 2 aromatic rings. The molecule has 4 N–H and O–H groups in total. The second-order valence-corrected chi connectivity index (χ2v) is 6.85. The Hall–Kier alpha value is -1.11. The van der Waals surface area contributed by atoms with Gasteiger partial charge < -0.3 is 16.2 Å². The highest BCUT2D eigenvalue weighted by atomic mass is 79.9. The number of hydrogen-bond donors (Lipinski definition) is 3. The highest BCUT2D eigenvalue weighted by molar-refractivity contribution is 9.10. The number of nitrogens with two attached hydrogens (primary N) is 1. The molecule has 0 aliphatic heterocycles. The van der Waals surface area contributed by atoms with Crippen LogP contribution in [0.15, 0.2) is 22.7 Å². The Bertz CT molecular complexity index is 627. The summed E-state index contributed by atoms with van der Waals surface area (Å²) in [6.45, 7) is 0.877. The van der Waals surface area contributed by atoms with E-state index in [0.29, 0.717) is 17.1 Å². The zero-order valence-corrected chi connectivity index (χ0v) is 14.1. The van der Waals surface area contributed by atoms with Crippen LogP contribution in [-0.4, -0.2) is 24.2 Å². The fourth-order valence-corrected chi connectivity index (χ4v) is 3.72. The van der Waals surface area contributed by atoms with Crippen LogP contribution in [0.3, 0.4) is 0 Å². The van der Waals surface area contributed by atoms with Gasteiger partial charge in [-0.05, 0) is 25.0 Å². The number of aliphatic hydroxyl groups is 1. The van der Waals surface area contributed by atoms with Crippen LogP contribution in [-0.2, 0) is 0 Å². The Labute approximate surface area is 136 Å². The minimum absolute atomic E-state index is 0.105. The van der Waals surface area contributed by atoms with Gasteiger partial charge in [-0.1, -0.05) is 34.8 Å². The quantitative estimate of drug-likeness (QED) is 0.652. The number of carbonyl (C=O) groups is 1. The van der Waals surface area contributed by atoms with Crippen molar-refractivity contribution in [2.24, 2.45) is 0 Å². The maximum atomic E-state index is 12.2. The number of thiophene rings is 1. The maximum Gasteiger partial charge on any atom is 0.263 e. The number of anilines is 1. The topological polar surface area (TPSA) is 75.4 Å². The smallest absolute Gasteiger partial charge is 0.263 e. The molecule has 0 atom stereocenters. The van der Waals surface area contributed by atoms with E-state index < -0.39 is 0 Å². The lowest BCUT2D eigenvalue weighted by Crippen LogP contribution is -2.24. The molecule has 1 aromatic carbocycles. The lowest BCUT2D eigenvalue weighted by atomic mass is 10.2. The molecule has 21 heavy (non-hydrogen) atoms. The van der Waals surface area contributed by atoms with Crippen LogP contribution in [0.1, 0.15) is 35.4 Å². The number of nitrogen functional groups attached to an aromatic ring is 1. The van der Waals surface area contributed by atoms with Crippen LogP contribution in [0.25, 0.3) is 10.1 Å². The van der Waals surface area contributed by atoms with E-state index in [-0.39, 0.29) is 12.5 Å². The molecule has 0 radical (unpaired) electrons. The van der Waals surface area contributed by atoms with Crippen molar-refractivity contribution in [2.75, 3.05) is 18.9 Å². The molecule has 0 saturated carbocycles. The number of aliphatic hydroxyl groups excluding tert-OH is 1. The molecule has 0 aliphatic carbocycles. The van der Waals surface area contributed by atoms with Crippen LogP contribution in [0.4, 0.5) is 5.69 Å². The third-order valence-electron chi connectivity index (χ3n) is 3.27. The largest absolute Gasteiger partial charge is 0.397 e. The fourth-order valence-electron chi connectivity index (χ4n) is 2.13. The molecule has 1 amide bonds. The SMILES string of the molecule is Nc1c(C(=O)NCCCCCCO)sc2cc(Br)ccc12. The number of unbranched alkanes of at least 4 members (excludes halogenated alkanes) is 3. The molecule has 0 spiro atoms. The molecule has 0 unspecified atom stereocenters. The van der Waals surface area contributed by atoms with Crippen LogP contribution < -0.4 is 11.1 Å². The van der Waals surface area contributed by atoms with Crippen LogP contribution >= 0.6 is 27.3 Å². The molecule has 4 nitrogen and oxygen atoms in total. The molecule has 0 bridgehead atoms. The maximum absolute atomic E-state index is 12.2. The van der Waals surface area contributed by atoms with Gasteiger partial charge in [-0.3, -0.25) is 4.79 Å². The standard InChI is InChI=1S/C15H19BrN2O2S/c16-10-5-6-11-12(9-10)21-14(13(11)17)15(20)18-7-3-1-2-4-8-19/h5-6,9,19H,1-4,7-8,17H2,(H,18,20). The Balaban J connectivity index is 1.95. The second-order valence-electron chi connectivity index (χ2n) is 4.88. The number of amides is 1. The van der Waals surface area contributed by atoms with Gasteiger partial charge in [0.2, 0.25) is 0 Å². The van der Waals surface area contributed by atoms with Crippen molar-refractivity contribution in [2.45, 2.75) is 25.7 Å². The number of benzene rings is 1. The molecule has 0 aliphatic rings. The first-order chi connectivity index (χ1) is 10.1. The summed E-state index contributed by atoms with van der Waals surface area (Å²) in [5, 5.41) is 12.5.